The molecular formula is C16H23NO3. The molecule has 0 radical (unpaired) electrons. The first-order chi connectivity index (χ1) is 9.59. The molecule has 20 heavy (non-hydrogen) atoms. The fourth-order valence-corrected chi connectivity index (χ4v) is 3.09. The Morgan fingerprint density at radius 3 is 2.60 bits per heavy atom. The molecule has 0 saturated heterocycles. The summed E-state index contributed by atoms with van der Waals surface area (Å²) in [4.78, 5) is 16.8. The molecule has 0 unspecified atom stereocenters. The Labute approximate surface area is 120 Å². The van der Waals surface area contributed by atoms with Crippen LogP contribution in [0.25, 0.3) is 0 Å². The summed E-state index contributed by atoms with van der Waals surface area (Å²) in [5.74, 6) is -0.115. The number of pyridine rings is 1. The van der Waals surface area contributed by atoms with Crippen molar-refractivity contribution < 1.29 is 14.3 Å². The van der Waals surface area contributed by atoms with Gasteiger partial charge in [-0.3, -0.25) is 9.78 Å². The number of aryl methyl sites for hydroxylation is 1. The maximum atomic E-state index is 12.3. The van der Waals surface area contributed by atoms with Crippen LogP contribution in [-0.2, 0) is 20.7 Å². The molecule has 1 fully saturated rings. The normalized spacial score (nSPS) is 26.2. The second-order valence-corrected chi connectivity index (χ2v) is 5.65. The summed E-state index contributed by atoms with van der Waals surface area (Å²) in [6.45, 7) is 1.97. The highest BCUT2D eigenvalue weighted by molar-refractivity contribution is 5.77. The number of carbonyl (C=O) groups excluding carboxylic acids is 1. The average molecular weight is 277 g/mol. The Hall–Kier alpha value is -1.42. The smallest absolute Gasteiger partial charge is 0.312 e. The summed E-state index contributed by atoms with van der Waals surface area (Å²) < 4.78 is 10.5. The number of esters is 1. The summed E-state index contributed by atoms with van der Waals surface area (Å²) in [5, 5.41) is 0. The van der Waals surface area contributed by atoms with Crippen molar-refractivity contribution in [1.82, 2.24) is 4.98 Å². The monoisotopic (exact) mass is 277 g/mol. The SMILES string of the molecule is COC(=O)C1(Cc2cccc(C)n2)CCC(OC)CC1. The van der Waals surface area contributed by atoms with Gasteiger partial charge in [0.15, 0.2) is 0 Å². The van der Waals surface area contributed by atoms with E-state index in [1.54, 1.807) is 7.11 Å². The van der Waals surface area contributed by atoms with Crippen molar-refractivity contribution in [3.8, 4) is 0 Å². The van der Waals surface area contributed by atoms with E-state index >= 15 is 0 Å². The molecule has 110 valence electrons. The van der Waals surface area contributed by atoms with E-state index in [4.69, 9.17) is 9.47 Å². The number of ether oxygens (including phenoxy) is 2. The number of carbonyl (C=O) groups is 1. The Kier molecular flexibility index (Phi) is 4.76. The highest BCUT2D eigenvalue weighted by Gasteiger charge is 2.43. The molecule has 1 saturated carbocycles. The van der Waals surface area contributed by atoms with Crippen molar-refractivity contribution in [3.63, 3.8) is 0 Å². The van der Waals surface area contributed by atoms with Crippen LogP contribution in [0.1, 0.15) is 37.1 Å². The average Bonchev–Trinajstić information content (AvgIpc) is 2.47. The second-order valence-electron chi connectivity index (χ2n) is 5.65. The quantitative estimate of drug-likeness (QED) is 0.794. The van der Waals surface area contributed by atoms with E-state index < -0.39 is 5.41 Å². The molecule has 0 bridgehead atoms. The number of aromatic nitrogens is 1. The van der Waals surface area contributed by atoms with Crippen LogP contribution in [0.3, 0.4) is 0 Å². The Balaban J connectivity index is 2.18. The zero-order valence-corrected chi connectivity index (χ0v) is 12.5. The summed E-state index contributed by atoms with van der Waals surface area (Å²) in [6, 6.07) is 5.94. The summed E-state index contributed by atoms with van der Waals surface area (Å²) >= 11 is 0. The third-order valence-electron chi connectivity index (χ3n) is 4.31. The van der Waals surface area contributed by atoms with Crippen LogP contribution in [0.4, 0.5) is 0 Å². The lowest BCUT2D eigenvalue weighted by molar-refractivity contribution is -0.156. The van der Waals surface area contributed by atoms with Crippen molar-refractivity contribution in [1.29, 1.82) is 0 Å². The van der Waals surface area contributed by atoms with Gasteiger partial charge in [0.05, 0.1) is 18.6 Å². The lowest BCUT2D eigenvalue weighted by atomic mass is 9.70. The third-order valence-corrected chi connectivity index (χ3v) is 4.31. The van der Waals surface area contributed by atoms with Crippen molar-refractivity contribution in [2.24, 2.45) is 5.41 Å². The molecule has 2 rings (SSSR count). The zero-order chi connectivity index (χ0) is 14.6. The number of hydrogen-bond acceptors (Lipinski definition) is 4. The van der Waals surface area contributed by atoms with Gasteiger partial charge in [0, 0.05) is 24.9 Å². The van der Waals surface area contributed by atoms with Gasteiger partial charge in [0.2, 0.25) is 0 Å². The molecule has 0 spiro atoms. The molecule has 0 N–H and O–H groups in total. The largest absolute Gasteiger partial charge is 0.469 e. The summed E-state index contributed by atoms with van der Waals surface area (Å²) in [7, 11) is 3.20. The van der Waals surface area contributed by atoms with Crippen LogP contribution in [0.5, 0.6) is 0 Å². The van der Waals surface area contributed by atoms with E-state index in [0.29, 0.717) is 6.42 Å². The molecular weight excluding hydrogens is 254 g/mol. The number of methoxy groups -OCH3 is 2. The van der Waals surface area contributed by atoms with Gasteiger partial charge in [-0.15, -0.1) is 0 Å². The van der Waals surface area contributed by atoms with Crippen molar-refractivity contribution in [2.45, 2.75) is 45.1 Å². The molecule has 4 heteroatoms. The lowest BCUT2D eigenvalue weighted by Gasteiger charge is -2.37. The van der Waals surface area contributed by atoms with E-state index in [9.17, 15) is 4.79 Å². The minimum Gasteiger partial charge on any atom is -0.469 e. The summed E-state index contributed by atoms with van der Waals surface area (Å²) in [6.07, 6.45) is 4.31. The first kappa shape index (κ1) is 15.0. The van der Waals surface area contributed by atoms with Crippen LogP contribution < -0.4 is 0 Å². The van der Waals surface area contributed by atoms with Crippen molar-refractivity contribution in [3.05, 3.63) is 29.6 Å². The van der Waals surface area contributed by atoms with Crippen LogP contribution in [0.15, 0.2) is 18.2 Å². The predicted molar refractivity (Wildman–Crippen MR) is 76.4 cm³/mol. The van der Waals surface area contributed by atoms with Gasteiger partial charge in [-0.05, 0) is 44.7 Å². The highest BCUT2D eigenvalue weighted by atomic mass is 16.5. The van der Waals surface area contributed by atoms with Gasteiger partial charge in [-0.25, -0.2) is 0 Å². The van der Waals surface area contributed by atoms with E-state index in [1.807, 2.05) is 25.1 Å². The maximum Gasteiger partial charge on any atom is 0.312 e. The fraction of sp³-hybridized carbons (Fsp3) is 0.625. The van der Waals surface area contributed by atoms with Crippen LogP contribution in [-0.4, -0.2) is 31.3 Å². The molecule has 4 nitrogen and oxygen atoms in total. The number of hydrogen-bond donors (Lipinski definition) is 0. The summed E-state index contributed by atoms with van der Waals surface area (Å²) in [5.41, 5.74) is 1.50. The predicted octanol–water partition coefficient (Wildman–Crippen LogP) is 2.68. The standard InChI is InChI=1S/C16H23NO3/c1-12-5-4-6-13(17-12)11-16(15(18)20-3)9-7-14(19-2)8-10-16/h4-6,14H,7-11H2,1-3H3. The van der Waals surface area contributed by atoms with Gasteiger partial charge in [0.25, 0.3) is 0 Å². The van der Waals surface area contributed by atoms with Gasteiger partial charge < -0.3 is 9.47 Å². The van der Waals surface area contributed by atoms with Crippen molar-refractivity contribution >= 4 is 5.97 Å². The molecule has 0 aliphatic heterocycles. The fourth-order valence-electron chi connectivity index (χ4n) is 3.09. The molecule has 0 aromatic carbocycles. The number of rotatable bonds is 4. The van der Waals surface area contributed by atoms with Gasteiger partial charge in [-0.1, -0.05) is 6.07 Å². The second kappa shape index (κ2) is 6.35. The first-order valence-corrected chi connectivity index (χ1v) is 7.13. The molecule has 0 amide bonds. The molecule has 0 atom stereocenters. The van der Waals surface area contributed by atoms with Crippen LogP contribution >= 0.6 is 0 Å². The van der Waals surface area contributed by atoms with E-state index in [-0.39, 0.29) is 12.1 Å². The Morgan fingerprint density at radius 1 is 1.35 bits per heavy atom. The number of nitrogens with zero attached hydrogens (tertiary/aromatic N) is 1. The Bertz CT molecular complexity index is 465. The highest BCUT2D eigenvalue weighted by Crippen LogP contribution is 2.40. The van der Waals surface area contributed by atoms with E-state index in [0.717, 1.165) is 37.1 Å². The minimum absolute atomic E-state index is 0.115. The Morgan fingerprint density at radius 2 is 2.05 bits per heavy atom. The zero-order valence-electron chi connectivity index (χ0n) is 12.5. The molecule has 1 aliphatic carbocycles. The van der Waals surface area contributed by atoms with Gasteiger partial charge >= 0.3 is 5.97 Å². The molecule has 1 aromatic rings. The first-order valence-electron chi connectivity index (χ1n) is 7.13. The van der Waals surface area contributed by atoms with Gasteiger partial charge in [-0.2, -0.15) is 0 Å². The van der Waals surface area contributed by atoms with E-state index in [2.05, 4.69) is 4.98 Å². The maximum absolute atomic E-state index is 12.3. The topological polar surface area (TPSA) is 48.4 Å². The third kappa shape index (κ3) is 3.18. The van der Waals surface area contributed by atoms with Crippen LogP contribution in [0.2, 0.25) is 0 Å². The molecule has 1 heterocycles. The van der Waals surface area contributed by atoms with Crippen LogP contribution in [0, 0.1) is 12.3 Å². The van der Waals surface area contributed by atoms with Gasteiger partial charge in [0.1, 0.15) is 0 Å². The van der Waals surface area contributed by atoms with E-state index in [1.165, 1.54) is 7.11 Å². The molecule has 1 aromatic heterocycles. The lowest BCUT2D eigenvalue weighted by Crippen LogP contribution is -2.40. The van der Waals surface area contributed by atoms with Crippen molar-refractivity contribution in [2.75, 3.05) is 14.2 Å². The molecule has 1 aliphatic rings. The minimum atomic E-state index is -0.440.